The fourth-order valence-corrected chi connectivity index (χ4v) is 2.79. The molecule has 6 heteroatoms. The van der Waals surface area contributed by atoms with E-state index in [1.807, 2.05) is 31.2 Å². The number of aryl methyl sites for hydroxylation is 1. The molecular formula is C12H11IN2O2S. The van der Waals surface area contributed by atoms with E-state index in [4.69, 9.17) is 0 Å². The van der Waals surface area contributed by atoms with Gasteiger partial charge in [-0.05, 0) is 47.7 Å². The van der Waals surface area contributed by atoms with Crippen LogP contribution in [0.25, 0.3) is 0 Å². The zero-order chi connectivity index (χ0) is 13.1. The van der Waals surface area contributed by atoms with Crippen LogP contribution in [0, 0.1) is 10.5 Å². The van der Waals surface area contributed by atoms with E-state index in [1.165, 1.54) is 18.4 Å². The number of rotatable bonds is 3. The van der Waals surface area contributed by atoms with Crippen molar-refractivity contribution in [1.82, 2.24) is 4.98 Å². The van der Waals surface area contributed by atoms with E-state index in [0.717, 1.165) is 14.1 Å². The fraction of sp³-hybridized carbons (Fsp3) is 0.167. The number of ether oxygens (including phenoxy) is 1. The van der Waals surface area contributed by atoms with Crippen molar-refractivity contribution in [3.8, 4) is 0 Å². The third kappa shape index (κ3) is 2.99. The molecule has 0 fully saturated rings. The predicted octanol–water partition coefficient (Wildman–Crippen LogP) is 3.59. The van der Waals surface area contributed by atoms with Crippen LogP contribution in [0.4, 0.5) is 10.8 Å². The molecule has 0 spiro atoms. The van der Waals surface area contributed by atoms with Crippen LogP contribution in [-0.4, -0.2) is 18.1 Å². The van der Waals surface area contributed by atoms with Crippen LogP contribution >= 0.6 is 33.9 Å². The first kappa shape index (κ1) is 13.3. The molecule has 0 aliphatic carbocycles. The minimum absolute atomic E-state index is 0.371. The topological polar surface area (TPSA) is 51.2 Å². The second-order valence-electron chi connectivity index (χ2n) is 3.55. The molecule has 0 amide bonds. The third-order valence-corrected chi connectivity index (χ3v) is 3.81. The smallest absolute Gasteiger partial charge is 0.357 e. The van der Waals surface area contributed by atoms with Crippen LogP contribution in [0.1, 0.15) is 15.4 Å². The lowest BCUT2D eigenvalue weighted by Gasteiger charge is -2.02. The van der Waals surface area contributed by atoms with Gasteiger partial charge in [0.2, 0.25) is 0 Å². The zero-order valence-corrected chi connectivity index (χ0v) is 12.8. The molecule has 1 aromatic carbocycles. The van der Waals surface area contributed by atoms with Gasteiger partial charge in [-0.1, -0.05) is 6.07 Å². The molecule has 0 saturated carbocycles. The molecule has 4 nitrogen and oxygen atoms in total. The maximum absolute atomic E-state index is 11.4. The first-order valence-corrected chi connectivity index (χ1v) is 7.08. The quantitative estimate of drug-likeness (QED) is 0.659. The van der Waals surface area contributed by atoms with Gasteiger partial charge in [0.05, 0.1) is 7.11 Å². The lowest BCUT2D eigenvalue weighted by Crippen LogP contribution is -2.03. The number of methoxy groups -OCH3 is 1. The number of carbonyl (C=O) groups excluding carboxylic acids is 1. The molecule has 1 aromatic heterocycles. The van der Waals surface area contributed by atoms with E-state index < -0.39 is 5.97 Å². The molecule has 0 saturated heterocycles. The number of hydrogen-bond donors (Lipinski definition) is 1. The predicted molar refractivity (Wildman–Crippen MR) is 80.6 cm³/mol. The van der Waals surface area contributed by atoms with Crippen molar-refractivity contribution in [1.29, 1.82) is 0 Å². The van der Waals surface area contributed by atoms with Crippen molar-refractivity contribution >= 4 is 50.7 Å². The molecule has 2 rings (SSSR count). The lowest BCUT2D eigenvalue weighted by atomic mass is 10.3. The summed E-state index contributed by atoms with van der Waals surface area (Å²) in [5, 5.41) is 3.87. The Labute approximate surface area is 123 Å². The Bertz CT molecular complexity index is 583. The van der Waals surface area contributed by atoms with Crippen LogP contribution in [0.15, 0.2) is 24.3 Å². The number of aromatic nitrogens is 1. The molecule has 0 radical (unpaired) electrons. The average molecular weight is 374 g/mol. The molecule has 18 heavy (non-hydrogen) atoms. The zero-order valence-electron chi connectivity index (χ0n) is 9.86. The number of benzene rings is 1. The van der Waals surface area contributed by atoms with E-state index in [1.54, 1.807) is 0 Å². The van der Waals surface area contributed by atoms with E-state index >= 15 is 0 Å². The van der Waals surface area contributed by atoms with Crippen LogP contribution in [-0.2, 0) is 4.74 Å². The van der Waals surface area contributed by atoms with Gasteiger partial charge in [0.15, 0.2) is 10.8 Å². The Morgan fingerprint density at radius 3 is 2.94 bits per heavy atom. The number of esters is 1. The highest BCUT2D eigenvalue weighted by molar-refractivity contribution is 14.1. The molecule has 0 atom stereocenters. The number of halogens is 1. The Hall–Kier alpha value is -1.15. The summed E-state index contributed by atoms with van der Waals surface area (Å²) in [6.07, 6.45) is 0. The van der Waals surface area contributed by atoms with Gasteiger partial charge >= 0.3 is 5.97 Å². The summed E-state index contributed by atoms with van der Waals surface area (Å²) in [6, 6.07) is 7.94. The number of anilines is 2. The number of carbonyl (C=O) groups is 1. The molecule has 2 aromatic rings. The minimum atomic E-state index is -0.403. The maximum atomic E-state index is 11.4. The van der Waals surface area contributed by atoms with Crippen molar-refractivity contribution in [2.24, 2.45) is 0 Å². The third-order valence-electron chi connectivity index (χ3n) is 2.25. The molecule has 0 bridgehead atoms. The summed E-state index contributed by atoms with van der Waals surface area (Å²) in [4.78, 5) is 16.5. The monoisotopic (exact) mass is 374 g/mol. The van der Waals surface area contributed by atoms with Gasteiger partial charge in [-0.25, -0.2) is 9.78 Å². The fourth-order valence-electron chi connectivity index (χ4n) is 1.43. The van der Waals surface area contributed by atoms with Gasteiger partial charge in [-0.15, -0.1) is 11.3 Å². The molecule has 0 aliphatic rings. The summed E-state index contributed by atoms with van der Waals surface area (Å²) in [5.41, 5.74) is 1.32. The largest absolute Gasteiger partial charge is 0.464 e. The summed E-state index contributed by atoms with van der Waals surface area (Å²) in [7, 11) is 1.35. The van der Waals surface area contributed by atoms with Crippen molar-refractivity contribution in [2.75, 3.05) is 12.4 Å². The van der Waals surface area contributed by atoms with E-state index in [2.05, 4.69) is 37.6 Å². The summed E-state index contributed by atoms with van der Waals surface area (Å²) >= 11 is 3.68. The van der Waals surface area contributed by atoms with Gasteiger partial charge in [0.1, 0.15) is 0 Å². The molecule has 94 valence electrons. The SMILES string of the molecule is COC(=O)c1nc(Nc2cccc(I)c2)sc1C. The molecule has 1 N–H and O–H groups in total. The molecule has 1 heterocycles. The Morgan fingerprint density at radius 2 is 2.28 bits per heavy atom. The summed E-state index contributed by atoms with van der Waals surface area (Å²) < 4.78 is 5.81. The normalized spacial score (nSPS) is 10.2. The van der Waals surface area contributed by atoms with Crippen molar-refractivity contribution < 1.29 is 9.53 Å². The van der Waals surface area contributed by atoms with E-state index in [-0.39, 0.29) is 0 Å². The van der Waals surface area contributed by atoms with Crippen molar-refractivity contribution in [3.05, 3.63) is 38.4 Å². The number of thiazole rings is 1. The summed E-state index contributed by atoms with van der Waals surface area (Å²) in [6.45, 7) is 1.85. The van der Waals surface area contributed by atoms with Gasteiger partial charge in [0, 0.05) is 14.1 Å². The van der Waals surface area contributed by atoms with Crippen LogP contribution in [0.3, 0.4) is 0 Å². The molecule has 0 aliphatic heterocycles. The second kappa shape index (κ2) is 5.66. The van der Waals surface area contributed by atoms with Gasteiger partial charge in [-0.3, -0.25) is 0 Å². The second-order valence-corrected chi connectivity index (χ2v) is 6.00. The van der Waals surface area contributed by atoms with Crippen LogP contribution < -0.4 is 5.32 Å². The van der Waals surface area contributed by atoms with Crippen LogP contribution in [0.2, 0.25) is 0 Å². The maximum Gasteiger partial charge on any atom is 0.357 e. The number of nitrogens with zero attached hydrogens (tertiary/aromatic N) is 1. The highest BCUT2D eigenvalue weighted by Gasteiger charge is 2.15. The Morgan fingerprint density at radius 1 is 1.50 bits per heavy atom. The van der Waals surface area contributed by atoms with E-state index in [9.17, 15) is 4.79 Å². The Balaban J connectivity index is 2.23. The van der Waals surface area contributed by atoms with Crippen molar-refractivity contribution in [3.63, 3.8) is 0 Å². The van der Waals surface area contributed by atoms with Crippen molar-refractivity contribution in [2.45, 2.75) is 6.92 Å². The standard InChI is InChI=1S/C12H11IN2O2S/c1-7-10(11(16)17-2)15-12(18-7)14-9-5-3-4-8(13)6-9/h3-6H,1-2H3,(H,14,15). The highest BCUT2D eigenvalue weighted by Crippen LogP contribution is 2.26. The highest BCUT2D eigenvalue weighted by atomic mass is 127. The lowest BCUT2D eigenvalue weighted by molar-refractivity contribution is 0.0594. The van der Waals surface area contributed by atoms with E-state index in [0.29, 0.717) is 10.8 Å². The Kier molecular flexibility index (Phi) is 4.18. The molecular weight excluding hydrogens is 363 g/mol. The van der Waals surface area contributed by atoms with Gasteiger partial charge < -0.3 is 10.1 Å². The minimum Gasteiger partial charge on any atom is -0.464 e. The number of hydrogen-bond acceptors (Lipinski definition) is 5. The summed E-state index contributed by atoms with van der Waals surface area (Å²) in [5.74, 6) is -0.403. The van der Waals surface area contributed by atoms with Gasteiger partial charge in [0.25, 0.3) is 0 Å². The number of nitrogens with one attached hydrogen (secondary N) is 1. The molecule has 0 unspecified atom stereocenters. The van der Waals surface area contributed by atoms with Crippen LogP contribution in [0.5, 0.6) is 0 Å². The first-order chi connectivity index (χ1) is 8.60. The first-order valence-electron chi connectivity index (χ1n) is 5.18. The average Bonchev–Trinajstić information content (AvgIpc) is 2.69. The van der Waals surface area contributed by atoms with Gasteiger partial charge in [-0.2, -0.15) is 0 Å².